The van der Waals surface area contributed by atoms with Gasteiger partial charge in [0.2, 0.25) is 0 Å². The molecule has 2 bridgehead atoms. The Morgan fingerprint density at radius 2 is 2.00 bits per heavy atom. The highest BCUT2D eigenvalue weighted by molar-refractivity contribution is 9.09. The molecule has 0 saturated heterocycles. The van der Waals surface area contributed by atoms with Crippen molar-refractivity contribution in [2.75, 3.05) is 6.61 Å². The van der Waals surface area contributed by atoms with Gasteiger partial charge in [0.15, 0.2) is 0 Å². The van der Waals surface area contributed by atoms with Crippen molar-refractivity contribution in [3.8, 4) is 0 Å². The Balaban J connectivity index is 2.35. The molecule has 3 fully saturated rings. The molecule has 0 N–H and O–H groups in total. The molecule has 2 nitrogen and oxygen atoms in total. The molecule has 3 atom stereocenters. The average Bonchev–Trinajstić information content (AvgIpc) is 2.55. The summed E-state index contributed by atoms with van der Waals surface area (Å²) >= 11 is 3.71. The Morgan fingerprint density at radius 3 is 2.33 bits per heavy atom. The van der Waals surface area contributed by atoms with Gasteiger partial charge in [0.05, 0.1) is 12.0 Å². The fraction of sp³-hybridized carbons (Fsp3) is 0.917. The van der Waals surface area contributed by atoms with Crippen molar-refractivity contribution in [2.24, 2.45) is 16.2 Å². The van der Waals surface area contributed by atoms with E-state index in [1.54, 1.807) is 0 Å². The molecular weight excluding hydrogens is 256 g/mol. The quantitative estimate of drug-likeness (QED) is 0.571. The third-order valence-corrected chi connectivity index (χ3v) is 7.01. The normalized spacial score (nSPS) is 46.1. The van der Waals surface area contributed by atoms with E-state index in [9.17, 15) is 4.79 Å². The Hall–Kier alpha value is -0.0500. The van der Waals surface area contributed by atoms with E-state index in [-0.39, 0.29) is 27.0 Å². The fourth-order valence-corrected chi connectivity index (χ4v) is 5.45. The van der Waals surface area contributed by atoms with Crippen LogP contribution in [0.1, 0.15) is 40.5 Å². The van der Waals surface area contributed by atoms with Crippen LogP contribution < -0.4 is 0 Å². The van der Waals surface area contributed by atoms with Gasteiger partial charge in [-0.1, -0.05) is 36.7 Å². The summed E-state index contributed by atoms with van der Waals surface area (Å²) in [5.41, 5.74) is 0.0257. The molecule has 3 aliphatic carbocycles. The summed E-state index contributed by atoms with van der Waals surface area (Å²) in [6.07, 6.45) is 2.08. The maximum atomic E-state index is 12.1. The second kappa shape index (κ2) is 2.99. The first-order valence-electron chi connectivity index (χ1n) is 5.66. The van der Waals surface area contributed by atoms with Gasteiger partial charge < -0.3 is 4.74 Å². The molecule has 3 rings (SSSR count). The minimum atomic E-state index is -0.280. The van der Waals surface area contributed by atoms with Crippen LogP contribution in [0, 0.1) is 16.2 Å². The number of carbonyl (C=O) groups is 1. The number of rotatable bonds is 2. The van der Waals surface area contributed by atoms with Gasteiger partial charge in [0, 0.05) is 4.83 Å². The van der Waals surface area contributed by atoms with Crippen molar-refractivity contribution < 1.29 is 9.53 Å². The van der Waals surface area contributed by atoms with Gasteiger partial charge in [0.25, 0.3) is 0 Å². The molecule has 0 amide bonds. The van der Waals surface area contributed by atoms with E-state index in [1.807, 2.05) is 6.92 Å². The Bertz CT molecular complexity index is 313. The van der Waals surface area contributed by atoms with Gasteiger partial charge >= 0.3 is 5.97 Å². The monoisotopic (exact) mass is 274 g/mol. The van der Waals surface area contributed by atoms with Crippen molar-refractivity contribution >= 4 is 21.9 Å². The number of fused-ring (bicyclic) bond motifs is 1. The standard InChI is InChI=1S/C12H19BrO2/c1-5-15-9(14)12-7-6-11(4,8(12)13)10(12,2)3/h8H,5-7H2,1-4H3/t8-,11-,12+/m0/s1. The maximum Gasteiger partial charge on any atom is 0.313 e. The van der Waals surface area contributed by atoms with Gasteiger partial charge in [-0.25, -0.2) is 0 Å². The van der Waals surface area contributed by atoms with Crippen molar-refractivity contribution in [1.29, 1.82) is 0 Å². The van der Waals surface area contributed by atoms with E-state index in [1.165, 1.54) is 0 Å². The number of hydrogen-bond donors (Lipinski definition) is 0. The van der Waals surface area contributed by atoms with E-state index < -0.39 is 0 Å². The van der Waals surface area contributed by atoms with Crippen LogP contribution in [0.4, 0.5) is 0 Å². The van der Waals surface area contributed by atoms with E-state index in [0.717, 1.165) is 12.8 Å². The minimum absolute atomic E-state index is 0.00755. The third kappa shape index (κ3) is 0.943. The molecule has 0 radical (unpaired) electrons. The van der Waals surface area contributed by atoms with Crippen molar-refractivity contribution in [3.63, 3.8) is 0 Å². The predicted octanol–water partition coefficient (Wildman–Crippen LogP) is 3.14. The van der Waals surface area contributed by atoms with E-state index in [4.69, 9.17) is 4.74 Å². The summed E-state index contributed by atoms with van der Waals surface area (Å²) in [5.74, 6) is -0.00755. The molecule has 0 unspecified atom stereocenters. The SMILES string of the molecule is CCOC(=O)[C@@]12CC[C@@](C)([C@@H]1Br)C2(C)C. The second-order valence-corrected chi connectivity index (χ2v) is 6.51. The number of alkyl halides is 1. The molecule has 0 heterocycles. The van der Waals surface area contributed by atoms with Crippen molar-refractivity contribution in [2.45, 2.75) is 45.4 Å². The molecule has 3 heteroatoms. The van der Waals surface area contributed by atoms with Gasteiger partial charge in [-0.05, 0) is 30.6 Å². The average molecular weight is 275 g/mol. The molecule has 3 saturated carbocycles. The van der Waals surface area contributed by atoms with Crippen LogP contribution in [0.3, 0.4) is 0 Å². The molecule has 3 aliphatic rings. The first kappa shape index (κ1) is 11.4. The first-order valence-corrected chi connectivity index (χ1v) is 6.57. The highest BCUT2D eigenvalue weighted by Gasteiger charge is 2.80. The molecular formula is C12H19BrO2. The van der Waals surface area contributed by atoms with Crippen molar-refractivity contribution in [3.05, 3.63) is 0 Å². The summed E-state index contributed by atoms with van der Waals surface area (Å²) in [6, 6.07) is 0. The number of hydrogen-bond acceptors (Lipinski definition) is 2. The lowest BCUT2D eigenvalue weighted by Gasteiger charge is -2.63. The zero-order chi connectivity index (χ0) is 11.5. The maximum absolute atomic E-state index is 12.1. The smallest absolute Gasteiger partial charge is 0.313 e. The Labute approximate surface area is 99.9 Å². The first-order chi connectivity index (χ1) is 6.84. The number of esters is 1. The zero-order valence-corrected chi connectivity index (χ0v) is 11.5. The summed E-state index contributed by atoms with van der Waals surface area (Å²) in [4.78, 5) is 12.4. The van der Waals surface area contributed by atoms with E-state index in [0.29, 0.717) is 6.61 Å². The van der Waals surface area contributed by atoms with E-state index in [2.05, 4.69) is 36.7 Å². The van der Waals surface area contributed by atoms with Crippen molar-refractivity contribution in [1.82, 2.24) is 0 Å². The van der Waals surface area contributed by atoms with Crippen LogP contribution in [0.25, 0.3) is 0 Å². The molecule has 0 aromatic rings. The lowest BCUT2D eigenvalue weighted by atomic mass is 9.43. The van der Waals surface area contributed by atoms with Crippen LogP contribution in [0.15, 0.2) is 0 Å². The highest BCUT2D eigenvalue weighted by atomic mass is 79.9. The molecule has 15 heavy (non-hydrogen) atoms. The molecule has 0 spiro atoms. The largest absolute Gasteiger partial charge is 0.466 e. The van der Waals surface area contributed by atoms with Crippen LogP contribution in [-0.4, -0.2) is 17.4 Å². The van der Waals surface area contributed by atoms with Crippen LogP contribution in [0.2, 0.25) is 0 Å². The van der Waals surface area contributed by atoms with Crippen LogP contribution >= 0.6 is 15.9 Å². The summed E-state index contributed by atoms with van der Waals surface area (Å²) in [6.45, 7) is 9.03. The number of ether oxygens (including phenoxy) is 1. The molecule has 0 aromatic carbocycles. The summed E-state index contributed by atoms with van der Waals surface area (Å²) < 4.78 is 5.25. The molecule has 86 valence electrons. The van der Waals surface area contributed by atoms with E-state index >= 15 is 0 Å². The molecule has 0 aliphatic heterocycles. The van der Waals surface area contributed by atoms with Gasteiger partial charge in [0.1, 0.15) is 0 Å². The Kier molecular flexibility index (Phi) is 2.28. The second-order valence-electron chi connectivity index (χ2n) is 5.60. The number of halogens is 1. The highest BCUT2D eigenvalue weighted by Crippen LogP contribution is 2.80. The number of carbonyl (C=O) groups excluding carboxylic acids is 1. The van der Waals surface area contributed by atoms with Crippen LogP contribution in [0.5, 0.6) is 0 Å². The topological polar surface area (TPSA) is 26.3 Å². The lowest BCUT2D eigenvalue weighted by Crippen LogP contribution is -2.67. The lowest BCUT2D eigenvalue weighted by molar-refractivity contribution is -0.186. The predicted molar refractivity (Wildman–Crippen MR) is 62.9 cm³/mol. The summed E-state index contributed by atoms with van der Waals surface area (Å²) in [5, 5.41) is 0. The zero-order valence-electron chi connectivity index (χ0n) is 9.89. The van der Waals surface area contributed by atoms with Crippen LogP contribution in [-0.2, 0) is 9.53 Å². The molecule has 0 aromatic heterocycles. The van der Waals surface area contributed by atoms with Gasteiger partial charge in [-0.15, -0.1) is 0 Å². The fourth-order valence-electron chi connectivity index (χ4n) is 3.67. The Morgan fingerprint density at radius 1 is 1.40 bits per heavy atom. The van der Waals surface area contributed by atoms with Gasteiger partial charge in [-0.3, -0.25) is 4.79 Å². The van der Waals surface area contributed by atoms with Gasteiger partial charge in [-0.2, -0.15) is 0 Å². The third-order valence-electron chi connectivity index (χ3n) is 5.21. The minimum Gasteiger partial charge on any atom is -0.466 e. The summed E-state index contributed by atoms with van der Waals surface area (Å²) in [7, 11) is 0.